The summed E-state index contributed by atoms with van der Waals surface area (Å²) in [7, 11) is 0. The number of benzene rings is 1. The maximum absolute atomic E-state index is 4.48. The van der Waals surface area contributed by atoms with Crippen molar-refractivity contribution in [2.75, 3.05) is 11.9 Å². The van der Waals surface area contributed by atoms with Crippen molar-refractivity contribution < 1.29 is 0 Å². The molecule has 0 atom stereocenters. The summed E-state index contributed by atoms with van der Waals surface area (Å²) in [6.45, 7) is 2.78. The lowest BCUT2D eigenvalue weighted by atomic mass is 10.1. The van der Waals surface area contributed by atoms with Gasteiger partial charge in [0.2, 0.25) is 0 Å². The first-order chi connectivity index (χ1) is 10.4. The van der Waals surface area contributed by atoms with E-state index in [2.05, 4.69) is 50.9 Å². The summed E-state index contributed by atoms with van der Waals surface area (Å²) >= 11 is 0. The molecule has 21 heavy (non-hydrogen) atoms. The Morgan fingerprint density at radius 3 is 2.95 bits per heavy atom. The van der Waals surface area contributed by atoms with Crippen LogP contribution in [-0.2, 0) is 19.5 Å². The molecule has 0 bridgehead atoms. The van der Waals surface area contributed by atoms with Crippen LogP contribution in [-0.4, -0.2) is 16.5 Å². The quantitative estimate of drug-likeness (QED) is 0.690. The summed E-state index contributed by atoms with van der Waals surface area (Å²) in [5.41, 5.74) is 6.11. The molecule has 0 amide bonds. The maximum atomic E-state index is 4.48. The van der Waals surface area contributed by atoms with E-state index < -0.39 is 0 Å². The fourth-order valence-electron chi connectivity index (χ4n) is 3.01. The SMILES string of the molecule is c1ccc(CNc2ccnc3[nH]c4c(c23)CNCC4)cc1. The molecule has 3 heterocycles. The van der Waals surface area contributed by atoms with Crippen LogP contribution < -0.4 is 10.6 Å². The number of hydrogen-bond donors (Lipinski definition) is 3. The summed E-state index contributed by atoms with van der Waals surface area (Å²) in [6.07, 6.45) is 2.91. The summed E-state index contributed by atoms with van der Waals surface area (Å²) in [5.74, 6) is 0. The largest absolute Gasteiger partial charge is 0.380 e. The average Bonchev–Trinajstić information content (AvgIpc) is 2.93. The summed E-state index contributed by atoms with van der Waals surface area (Å²) in [4.78, 5) is 7.94. The molecule has 3 N–H and O–H groups in total. The van der Waals surface area contributed by atoms with E-state index in [9.17, 15) is 0 Å². The lowest BCUT2D eigenvalue weighted by molar-refractivity contribution is 0.641. The molecule has 1 aliphatic heterocycles. The number of nitrogens with one attached hydrogen (secondary N) is 3. The highest BCUT2D eigenvalue weighted by atomic mass is 15.0. The number of rotatable bonds is 3. The lowest BCUT2D eigenvalue weighted by Crippen LogP contribution is -2.23. The number of nitrogens with zero attached hydrogens (tertiary/aromatic N) is 1. The van der Waals surface area contributed by atoms with Crippen molar-refractivity contribution in [3.8, 4) is 0 Å². The van der Waals surface area contributed by atoms with E-state index >= 15 is 0 Å². The van der Waals surface area contributed by atoms with Crippen LogP contribution in [0.2, 0.25) is 0 Å². The van der Waals surface area contributed by atoms with E-state index in [1.165, 1.54) is 22.2 Å². The van der Waals surface area contributed by atoms with Crippen LogP contribution in [0.4, 0.5) is 5.69 Å². The lowest BCUT2D eigenvalue weighted by Gasteiger charge is -2.14. The molecule has 0 saturated heterocycles. The van der Waals surface area contributed by atoms with Gasteiger partial charge < -0.3 is 15.6 Å². The first kappa shape index (κ1) is 12.4. The van der Waals surface area contributed by atoms with E-state index in [1.54, 1.807) is 0 Å². The third-order valence-electron chi connectivity index (χ3n) is 4.07. The fraction of sp³-hybridized carbons (Fsp3) is 0.235. The van der Waals surface area contributed by atoms with Crippen LogP contribution in [0.25, 0.3) is 11.0 Å². The van der Waals surface area contributed by atoms with E-state index in [-0.39, 0.29) is 0 Å². The molecule has 0 saturated carbocycles. The average molecular weight is 278 g/mol. The molecular formula is C17H18N4. The summed E-state index contributed by atoms with van der Waals surface area (Å²) in [6, 6.07) is 12.5. The third kappa shape index (κ3) is 2.28. The molecule has 0 radical (unpaired) electrons. The molecule has 4 rings (SSSR count). The molecule has 1 aliphatic rings. The molecule has 1 aromatic carbocycles. The van der Waals surface area contributed by atoms with Gasteiger partial charge in [-0.1, -0.05) is 30.3 Å². The number of fused-ring (bicyclic) bond motifs is 3. The van der Waals surface area contributed by atoms with Gasteiger partial charge in [0, 0.05) is 49.0 Å². The molecule has 0 spiro atoms. The van der Waals surface area contributed by atoms with Gasteiger partial charge in [0.1, 0.15) is 5.65 Å². The summed E-state index contributed by atoms with van der Waals surface area (Å²) in [5, 5.41) is 8.23. The minimum atomic E-state index is 0.827. The Morgan fingerprint density at radius 2 is 2.05 bits per heavy atom. The predicted octanol–water partition coefficient (Wildman–Crippen LogP) is 2.82. The van der Waals surface area contributed by atoms with Gasteiger partial charge >= 0.3 is 0 Å². The van der Waals surface area contributed by atoms with Gasteiger partial charge in [-0.15, -0.1) is 0 Å². The number of pyridine rings is 1. The standard InChI is InChI=1S/C17H18N4/c1-2-4-12(5-3-1)10-20-15-7-9-19-17-16(15)13-11-18-8-6-14(13)21-17/h1-5,7,9,18H,6,8,10-11H2,(H2,19,20,21). The number of hydrogen-bond acceptors (Lipinski definition) is 3. The minimum absolute atomic E-state index is 0.827. The summed E-state index contributed by atoms with van der Waals surface area (Å²) < 4.78 is 0. The molecule has 0 unspecified atom stereocenters. The van der Waals surface area contributed by atoms with Crippen LogP contribution >= 0.6 is 0 Å². The first-order valence-corrected chi connectivity index (χ1v) is 7.39. The fourth-order valence-corrected chi connectivity index (χ4v) is 3.01. The molecule has 4 heteroatoms. The Morgan fingerprint density at radius 1 is 1.14 bits per heavy atom. The molecular weight excluding hydrogens is 260 g/mol. The highest BCUT2D eigenvalue weighted by molar-refractivity contribution is 5.93. The molecule has 3 aromatic rings. The van der Waals surface area contributed by atoms with Crippen molar-refractivity contribution >= 4 is 16.7 Å². The van der Waals surface area contributed by atoms with Gasteiger partial charge in [0.15, 0.2) is 0 Å². The van der Waals surface area contributed by atoms with Crippen molar-refractivity contribution in [3.63, 3.8) is 0 Å². The maximum Gasteiger partial charge on any atom is 0.139 e. The molecule has 2 aromatic heterocycles. The predicted molar refractivity (Wildman–Crippen MR) is 85.3 cm³/mol. The van der Waals surface area contributed by atoms with Crippen LogP contribution in [0.15, 0.2) is 42.6 Å². The van der Waals surface area contributed by atoms with Gasteiger partial charge in [-0.05, 0) is 17.2 Å². The Bertz CT molecular complexity index is 761. The zero-order valence-electron chi connectivity index (χ0n) is 11.8. The van der Waals surface area contributed by atoms with E-state index in [0.717, 1.165) is 37.4 Å². The van der Waals surface area contributed by atoms with Crippen molar-refractivity contribution in [3.05, 3.63) is 59.4 Å². The molecule has 4 nitrogen and oxygen atoms in total. The van der Waals surface area contributed by atoms with Gasteiger partial charge in [-0.3, -0.25) is 0 Å². The van der Waals surface area contributed by atoms with Gasteiger partial charge in [0.25, 0.3) is 0 Å². The Labute approximate surface area is 123 Å². The van der Waals surface area contributed by atoms with Gasteiger partial charge in [0.05, 0.1) is 0 Å². The van der Waals surface area contributed by atoms with Crippen molar-refractivity contribution in [2.24, 2.45) is 0 Å². The Hall–Kier alpha value is -2.33. The highest BCUT2D eigenvalue weighted by Crippen LogP contribution is 2.30. The van der Waals surface area contributed by atoms with Crippen LogP contribution in [0.5, 0.6) is 0 Å². The number of H-pyrrole nitrogens is 1. The number of anilines is 1. The topological polar surface area (TPSA) is 52.7 Å². The second-order valence-electron chi connectivity index (χ2n) is 5.43. The van der Waals surface area contributed by atoms with E-state index in [0.29, 0.717) is 0 Å². The highest BCUT2D eigenvalue weighted by Gasteiger charge is 2.17. The normalized spacial score (nSPS) is 14.1. The number of aromatic amines is 1. The Balaban J connectivity index is 1.70. The van der Waals surface area contributed by atoms with Crippen LogP contribution in [0, 0.1) is 0 Å². The van der Waals surface area contributed by atoms with E-state index in [4.69, 9.17) is 0 Å². The molecule has 0 aliphatic carbocycles. The van der Waals surface area contributed by atoms with Gasteiger partial charge in [-0.25, -0.2) is 4.98 Å². The minimum Gasteiger partial charge on any atom is -0.380 e. The zero-order chi connectivity index (χ0) is 14.1. The number of aromatic nitrogens is 2. The second-order valence-corrected chi connectivity index (χ2v) is 5.43. The van der Waals surface area contributed by atoms with Crippen LogP contribution in [0.3, 0.4) is 0 Å². The molecule has 0 fully saturated rings. The zero-order valence-corrected chi connectivity index (χ0v) is 11.8. The van der Waals surface area contributed by atoms with Gasteiger partial charge in [-0.2, -0.15) is 0 Å². The monoisotopic (exact) mass is 278 g/mol. The van der Waals surface area contributed by atoms with Crippen molar-refractivity contribution in [2.45, 2.75) is 19.5 Å². The second kappa shape index (κ2) is 5.22. The van der Waals surface area contributed by atoms with Crippen LogP contribution in [0.1, 0.15) is 16.8 Å². The first-order valence-electron chi connectivity index (χ1n) is 7.39. The van der Waals surface area contributed by atoms with E-state index in [1.807, 2.05) is 12.3 Å². The van der Waals surface area contributed by atoms with Crippen molar-refractivity contribution in [1.29, 1.82) is 0 Å². The smallest absolute Gasteiger partial charge is 0.139 e. The Kier molecular flexibility index (Phi) is 3.09. The third-order valence-corrected chi connectivity index (χ3v) is 4.07. The molecule has 106 valence electrons. The van der Waals surface area contributed by atoms with Crippen molar-refractivity contribution in [1.82, 2.24) is 15.3 Å².